The lowest BCUT2D eigenvalue weighted by Crippen LogP contribution is -2.58. The Morgan fingerprint density at radius 3 is 1.97 bits per heavy atom. The summed E-state index contributed by atoms with van der Waals surface area (Å²) in [6, 6.07) is 0. The van der Waals surface area contributed by atoms with E-state index in [1.807, 2.05) is 13.0 Å². The topological polar surface area (TPSA) is 107 Å². The Morgan fingerprint density at radius 1 is 0.969 bits per heavy atom. The third kappa shape index (κ3) is 3.40. The van der Waals surface area contributed by atoms with Gasteiger partial charge in [-0.2, -0.15) is 17.2 Å². The molecule has 0 aromatic carbocycles. The minimum atomic E-state index is -5.72. The first-order valence-corrected chi connectivity index (χ1v) is 12.8. The maximum absolute atomic E-state index is 13.5. The first kappa shape index (κ1) is 22.3. The van der Waals surface area contributed by atoms with Gasteiger partial charge in [-0.25, -0.2) is 0 Å². The first-order valence-electron chi connectivity index (χ1n) is 11.3. The SMILES string of the molecule is CC1(OC(=O)C2C3C=CC(C3)C2C(=O)OCC(F)(F)S(=O)(=O)O)C2CC3CC(C2)CC1C3. The van der Waals surface area contributed by atoms with Crippen molar-refractivity contribution in [3.05, 3.63) is 12.2 Å². The summed E-state index contributed by atoms with van der Waals surface area (Å²) < 4.78 is 68.0. The molecule has 0 aromatic rings. The van der Waals surface area contributed by atoms with Gasteiger partial charge >= 0.3 is 27.3 Å². The van der Waals surface area contributed by atoms with Crippen LogP contribution in [-0.2, 0) is 29.2 Å². The quantitative estimate of drug-likeness (QED) is 0.358. The van der Waals surface area contributed by atoms with Gasteiger partial charge in [0.15, 0.2) is 6.61 Å². The summed E-state index contributed by atoms with van der Waals surface area (Å²) in [7, 11) is -5.72. The number of alkyl halides is 2. The van der Waals surface area contributed by atoms with Crippen molar-refractivity contribution >= 4 is 22.1 Å². The molecule has 6 bridgehead atoms. The van der Waals surface area contributed by atoms with Crippen LogP contribution in [0.25, 0.3) is 0 Å². The molecule has 5 fully saturated rings. The van der Waals surface area contributed by atoms with Gasteiger partial charge in [0.1, 0.15) is 5.60 Å². The number of hydrogen-bond acceptors (Lipinski definition) is 6. The van der Waals surface area contributed by atoms with Gasteiger partial charge in [-0.15, -0.1) is 0 Å². The summed E-state index contributed by atoms with van der Waals surface area (Å²) in [5.41, 5.74) is -0.581. The smallest absolute Gasteiger partial charge is 0.402 e. The lowest BCUT2D eigenvalue weighted by Gasteiger charge is -2.59. The van der Waals surface area contributed by atoms with Gasteiger partial charge in [0.2, 0.25) is 0 Å². The van der Waals surface area contributed by atoms with Crippen LogP contribution in [0.4, 0.5) is 8.78 Å². The van der Waals surface area contributed by atoms with Crippen molar-refractivity contribution in [3.63, 3.8) is 0 Å². The Kier molecular flexibility index (Phi) is 5.02. The van der Waals surface area contributed by atoms with Crippen molar-refractivity contribution in [1.82, 2.24) is 0 Å². The molecule has 0 amide bonds. The number of carbonyl (C=O) groups excluding carboxylic acids is 2. The largest absolute Gasteiger partial charge is 0.459 e. The van der Waals surface area contributed by atoms with Crippen LogP contribution in [0.1, 0.15) is 45.4 Å². The average Bonchev–Trinajstić information content (AvgIpc) is 3.30. The predicted molar refractivity (Wildman–Crippen MR) is 107 cm³/mol. The number of esters is 2. The average molecular weight is 475 g/mol. The molecule has 6 aliphatic carbocycles. The number of halogens is 2. The minimum Gasteiger partial charge on any atom is -0.459 e. The molecule has 0 aliphatic heterocycles. The Bertz CT molecular complexity index is 931. The molecule has 1 N–H and O–H groups in total. The minimum absolute atomic E-state index is 0.243. The van der Waals surface area contributed by atoms with Crippen LogP contribution >= 0.6 is 0 Å². The third-order valence-corrected chi connectivity index (χ3v) is 9.72. The van der Waals surface area contributed by atoms with E-state index < -0.39 is 51.4 Å². The molecule has 6 rings (SSSR count). The van der Waals surface area contributed by atoms with Crippen molar-refractivity contribution in [2.24, 2.45) is 47.3 Å². The molecule has 0 heterocycles. The van der Waals surface area contributed by atoms with Crippen LogP contribution in [0.15, 0.2) is 12.2 Å². The second kappa shape index (κ2) is 7.22. The second-order valence-electron chi connectivity index (χ2n) is 10.6. The van der Waals surface area contributed by atoms with Crippen molar-refractivity contribution in [1.29, 1.82) is 0 Å². The van der Waals surface area contributed by atoms with Crippen LogP contribution < -0.4 is 0 Å². The standard InChI is InChI=1S/C22H28F2O7S/c1-21(15-5-11-4-12(7-15)8-16(21)6-11)31-20(26)18-14-3-2-13(9-14)17(18)19(25)30-10-22(23,24)32(27,28)29/h2-3,11-18H,4-10H2,1H3,(H,27,28,29). The molecule has 10 heteroatoms. The van der Waals surface area contributed by atoms with Crippen LogP contribution in [0, 0.1) is 47.3 Å². The van der Waals surface area contributed by atoms with E-state index in [1.165, 1.54) is 6.42 Å². The number of ether oxygens (including phenoxy) is 2. The van der Waals surface area contributed by atoms with Crippen molar-refractivity contribution < 1.29 is 40.8 Å². The zero-order valence-electron chi connectivity index (χ0n) is 17.8. The van der Waals surface area contributed by atoms with E-state index in [0.29, 0.717) is 30.1 Å². The summed E-state index contributed by atoms with van der Waals surface area (Å²) in [4.78, 5) is 26.0. The Labute approximate surface area is 185 Å². The molecule has 178 valence electrons. The van der Waals surface area contributed by atoms with Gasteiger partial charge in [0.25, 0.3) is 0 Å². The summed E-state index contributed by atoms with van der Waals surface area (Å²) in [6.45, 7) is 0.204. The zero-order valence-corrected chi connectivity index (χ0v) is 18.6. The lowest BCUT2D eigenvalue weighted by atomic mass is 9.50. The van der Waals surface area contributed by atoms with E-state index >= 15 is 0 Å². The van der Waals surface area contributed by atoms with Crippen molar-refractivity contribution in [2.45, 2.75) is 56.3 Å². The van der Waals surface area contributed by atoms with Crippen molar-refractivity contribution in [2.75, 3.05) is 6.61 Å². The molecule has 7 nitrogen and oxygen atoms in total. The summed E-state index contributed by atoms with van der Waals surface area (Å²) in [5.74, 6) is -2.01. The maximum Gasteiger partial charge on any atom is 0.402 e. The van der Waals surface area contributed by atoms with Crippen LogP contribution in [0.2, 0.25) is 0 Å². The molecular formula is C22H28F2O7S. The van der Waals surface area contributed by atoms with Gasteiger partial charge in [-0.05, 0) is 81.0 Å². The van der Waals surface area contributed by atoms with Crippen LogP contribution in [0.5, 0.6) is 0 Å². The van der Waals surface area contributed by atoms with E-state index in [4.69, 9.17) is 9.29 Å². The molecule has 6 aliphatic rings. The molecule has 4 atom stereocenters. The van der Waals surface area contributed by atoms with Crippen LogP contribution in [-0.4, -0.2) is 42.4 Å². The number of fused-ring (bicyclic) bond motifs is 2. The van der Waals surface area contributed by atoms with Crippen LogP contribution in [0.3, 0.4) is 0 Å². The highest BCUT2D eigenvalue weighted by Crippen LogP contribution is 2.60. The fourth-order valence-electron chi connectivity index (χ4n) is 7.36. The second-order valence-corrected chi connectivity index (χ2v) is 12.2. The lowest BCUT2D eigenvalue weighted by molar-refractivity contribution is -0.210. The summed E-state index contributed by atoms with van der Waals surface area (Å²) >= 11 is 0. The monoisotopic (exact) mass is 474 g/mol. The fraction of sp³-hybridized carbons (Fsp3) is 0.818. The Hall–Kier alpha value is -1.55. The molecular weight excluding hydrogens is 446 g/mol. The predicted octanol–water partition coefficient (Wildman–Crippen LogP) is 3.21. The molecule has 32 heavy (non-hydrogen) atoms. The highest BCUT2D eigenvalue weighted by Gasteiger charge is 2.60. The molecule has 4 unspecified atom stereocenters. The molecule has 5 saturated carbocycles. The Balaban J connectivity index is 1.31. The third-order valence-electron chi connectivity index (χ3n) is 8.84. The van der Waals surface area contributed by atoms with E-state index in [2.05, 4.69) is 4.74 Å². The number of carbonyl (C=O) groups is 2. The van der Waals surface area contributed by atoms with E-state index in [1.54, 1.807) is 6.08 Å². The summed E-state index contributed by atoms with van der Waals surface area (Å²) in [6.07, 6.45) is 9.58. The highest BCUT2D eigenvalue weighted by molar-refractivity contribution is 7.86. The van der Waals surface area contributed by atoms with Gasteiger partial charge in [-0.3, -0.25) is 14.1 Å². The molecule has 0 saturated heterocycles. The van der Waals surface area contributed by atoms with Gasteiger partial charge in [0.05, 0.1) is 11.8 Å². The summed E-state index contributed by atoms with van der Waals surface area (Å²) in [5, 5.41) is -4.61. The number of hydrogen-bond donors (Lipinski definition) is 1. The van der Waals surface area contributed by atoms with E-state index in [9.17, 15) is 26.8 Å². The van der Waals surface area contributed by atoms with Crippen molar-refractivity contribution in [3.8, 4) is 0 Å². The molecule has 0 radical (unpaired) electrons. The molecule has 0 aromatic heterocycles. The fourth-order valence-corrected chi connectivity index (χ4v) is 7.57. The Morgan fingerprint density at radius 2 is 1.47 bits per heavy atom. The molecule has 0 spiro atoms. The zero-order chi connectivity index (χ0) is 23.1. The van der Waals surface area contributed by atoms with E-state index in [0.717, 1.165) is 25.7 Å². The number of allylic oxidation sites excluding steroid dienone is 2. The van der Waals surface area contributed by atoms with Gasteiger partial charge in [0, 0.05) is 0 Å². The maximum atomic E-state index is 13.5. The van der Waals surface area contributed by atoms with E-state index in [-0.39, 0.29) is 11.8 Å². The first-order chi connectivity index (χ1) is 14.9. The number of rotatable bonds is 6. The highest BCUT2D eigenvalue weighted by atomic mass is 32.2. The van der Waals surface area contributed by atoms with Gasteiger partial charge in [-0.1, -0.05) is 12.2 Å². The normalized spacial score (nSPS) is 44.1. The van der Waals surface area contributed by atoms with Gasteiger partial charge < -0.3 is 9.47 Å².